The monoisotopic (exact) mass is 1990 g/mol. The minimum Gasteiger partial charge on any atom is -0.481 e. The van der Waals surface area contributed by atoms with Crippen LogP contribution in [0.15, 0.2) is 54.6 Å². The fraction of sp³-hybridized carbons (Fsp3) is 0.659. The molecule has 55 nitrogen and oxygen atoms in total. The Morgan fingerprint density at radius 1 is 0.551 bits per heavy atom. The SMILES string of the molecule is CC(=O)N[C@H]1[C@H](OC[C@H]2O[C@H](O[C@H](C)[C@H](NC(=O)[C@H](CCC(=O)O)NC(=O)[C@@H]3CCCN3C(=O)[C@H](CC(C)C)NC(=O)[C@H](Cc3ccccc3)NC(=O)[C@H](CC(=O)O)NC(=O)[C@H](Cc3ccc(OS(=O)(=O)O)cc3)NC(C)=O)C(=O)N[C@@H](CCC(=O)O)C(N)=O)[C@H](NC(C)=O)[C@@H](O)[C@H]2O)O[C@H](CO)[C@@H](O[C@@H]2O[C@H](CO)[C@H](O)[C@H](O[C@]3(C(=O)O)C[C@H](O)[C@@H](NC(C)=O)[C@H]([C@H](O)[C@H](O)CO)O3)[C@H]2O)[C@@H]1O. The van der Waals surface area contributed by atoms with E-state index in [1.165, 1.54) is 12.1 Å². The van der Waals surface area contributed by atoms with Crippen molar-refractivity contribution in [3.05, 3.63) is 65.7 Å². The maximum Gasteiger partial charge on any atom is 0.446 e. The summed E-state index contributed by atoms with van der Waals surface area (Å²) >= 11 is 0. The third-order valence-electron chi connectivity index (χ3n) is 22.7. The minimum absolute atomic E-state index is 0.0566. The largest absolute Gasteiger partial charge is 0.481 e. The molecule has 0 saturated carbocycles. The summed E-state index contributed by atoms with van der Waals surface area (Å²) in [6, 6.07) is -7.57. The molecule has 2 aromatic rings. The zero-order valence-corrected chi connectivity index (χ0v) is 76.3. The number of carbonyl (C=O) groups excluding carboxylic acids is 12. The van der Waals surface area contributed by atoms with Crippen LogP contribution in [0, 0.1) is 5.92 Å². The Labute approximate surface area is 786 Å². The van der Waals surface area contributed by atoms with Crippen LogP contribution in [0.3, 0.4) is 0 Å². The Bertz CT molecular complexity index is 4690. The fourth-order valence-corrected chi connectivity index (χ4v) is 16.3. The molecule has 5 heterocycles. The molecule has 0 unspecified atom stereocenters. The first-order chi connectivity index (χ1) is 64.7. The fourth-order valence-electron chi connectivity index (χ4n) is 16.0. The van der Waals surface area contributed by atoms with Gasteiger partial charge in [-0.05, 0) is 68.2 Å². The number of aliphatic hydroxyl groups excluding tert-OH is 11. The normalized spacial score (nSPS) is 28.1. The lowest BCUT2D eigenvalue weighted by Gasteiger charge is -2.51. The highest BCUT2D eigenvalue weighted by Crippen LogP contribution is 2.40. The third kappa shape index (κ3) is 32.2. The van der Waals surface area contributed by atoms with Crippen molar-refractivity contribution in [1.82, 2.24) is 58.1 Å². The number of aliphatic hydroxyl groups is 11. The maximum absolute atomic E-state index is 15.1. The van der Waals surface area contributed by atoms with Gasteiger partial charge in [0.25, 0.3) is 5.79 Å². The molecule has 2 aromatic carbocycles. The second kappa shape index (κ2) is 51.7. The third-order valence-corrected chi connectivity index (χ3v) is 23.1. The second-order valence-electron chi connectivity index (χ2n) is 33.9. The van der Waals surface area contributed by atoms with E-state index in [9.17, 15) is 152 Å². The van der Waals surface area contributed by atoms with Crippen molar-refractivity contribution in [1.29, 1.82) is 0 Å². The Balaban J connectivity index is 1.13. The van der Waals surface area contributed by atoms with E-state index in [0.717, 1.165) is 51.7 Å². The molecule has 0 aromatic heterocycles. The zero-order valence-electron chi connectivity index (χ0n) is 75.4. The van der Waals surface area contributed by atoms with Gasteiger partial charge in [-0.1, -0.05) is 56.3 Å². The number of amides is 12. The van der Waals surface area contributed by atoms with E-state index in [-0.39, 0.29) is 50.0 Å². The Morgan fingerprint density at radius 3 is 1.61 bits per heavy atom. The number of ether oxygens (including phenoxy) is 8. The van der Waals surface area contributed by atoms with Gasteiger partial charge in [0, 0.05) is 66.3 Å². The first-order valence-electron chi connectivity index (χ1n) is 43.4. The highest BCUT2D eigenvalue weighted by Gasteiger charge is 2.61. The predicted octanol–water partition coefficient (Wildman–Crippen LogP) is -11.9. The summed E-state index contributed by atoms with van der Waals surface area (Å²) in [5.41, 5.74) is 6.24. The van der Waals surface area contributed by atoms with Crippen molar-refractivity contribution < 1.29 is 208 Å². The standard InChI is InChI=1S/C82H120N12O43S/c1-33(2)24-47(92-73(119)45(25-39-12-9-8-10-13-39)90-74(120)46(27-56(108)109)91-72(118)44(84-35(4)98)26-40-15-17-41(18-16-40)137-138(126,127)128)77(123)94-23-11-14-48(94)75(121)89-43(20-22-55(106)107)71(117)93-57(76(122)88-42(70(83)116)19-21-54(104)105)34(3)130-79-59(86-37(6)100)64(113)62(111)53(133-79)32-129-78-60(87-38(7)101)65(114)67(52(31-97)132-78)134-80-66(115)69(63(112)51(30-96)131-80)136-82(81(124)125)28-49(102)58(85-36(5)99)68(135-82)61(110)50(103)29-95/h8-10,12-13,15-18,33-34,42-53,57-69,78-80,95-97,102-103,110-115H,11,14,19-32H2,1-7H3,(H2,83,116)(H,84,98)(H,85,99)(H,86,100)(H,87,101)(H,88,122)(H,89,121)(H,90,120)(H,91,118)(H,92,119)(H,93,117)(H,104,105)(H,106,107)(H,108,109)(H,124,125)(H,126,127,128)/t34-,42+,43+,44+,45+,46+,47+,48+,49+,50-,51-,52-,53-,57+,58-,59-,60-,61-,62+,63+,64-,65-,66-,67-,68-,69+,78-,79+,80+,82+/m1/s1. The molecule has 772 valence electrons. The van der Waals surface area contributed by atoms with E-state index in [2.05, 4.69) is 57.4 Å². The molecular formula is C82H120N12O43S. The highest BCUT2D eigenvalue weighted by atomic mass is 32.3. The summed E-state index contributed by atoms with van der Waals surface area (Å²) in [6.07, 6.45) is -45.5. The quantitative estimate of drug-likeness (QED) is 0.0274. The van der Waals surface area contributed by atoms with E-state index in [1.54, 1.807) is 44.2 Å². The summed E-state index contributed by atoms with van der Waals surface area (Å²) in [5, 5.41) is 187. The maximum atomic E-state index is 15.1. The van der Waals surface area contributed by atoms with Crippen molar-refractivity contribution in [3.63, 3.8) is 0 Å². The molecule has 0 spiro atoms. The number of nitrogens with zero attached hydrogens (tertiary/aromatic N) is 1. The van der Waals surface area contributed by atoms with Gasteiger partial charge in [0.2, 0.25) is 70.9 Å². The van der Waals surface area contributed by atoms with Gasteiger partial charge in [-0.15, -0.1) is 0 Å². The smallest absolute Gasteiger partial charge is 0.446 e. The van der Waals surface area contributed by atoms with Gasteiger partial charge >= 0.3 is 34.3 Å². The number of carboxylic acids is 4. The molecule has 12 amide bonds. The minimum atomic E-state index is -4.95. The number of hydrogen-bond donors (Lipinski definition) is 27. The van der Waals surface area contributed by atoms with E-state index in [0.29, 0.717) is 5.56 Å². The molecule has 5 aliphatic rings. The molecule has 5 aliphatic heterocycles. The lowest BCUT2D eigenvalue weighted by atomic mass is 9.88. The van der Waals surface area contributed by atoms with Crippen LogP contribution in [0.25, 0.3) is 0 Å². The predicted molar refractivity (Wildman–Crippen MR) is 455 cm³/mol. The molecule has 138 heavy (non-hydrogen) atoms. The Kier molecular flexibility index (Phi) is 42.7. The Hall–Kier alpha value is -11.1. The molecule has 0 bridgehead atoms. The Morgan fingerprint density at radius 2 is 1.07 bits per heavy atom. The number of likely N-dealkylation sites (tertiary alicyclic amines) is 1. The van der Waals surface area contributed by atoms with Gasteiger partial charge in [0.15, 0.2) is 18.9 Å². The van der Waals surface area contributed by atoms with Crippen LogP contribution in [-0.4, -0.2) is 405 Å². The van der Waals surface area contributed by atoms with E-state index in [4.69, 9.17) is 48.2 Å². The molecule has 28 N–H and O–H groups in total. The molecule has 5 fully saturated rings. The lowest BCUT2D eigenvalue weighted by molar-refractivity contribution is -0.383. The topological polar surface area (TPSA) is 864 Å². The molecule has 30 atom stereocenters. The number of rotatable bonds is 50. The molecule has 5 saturated heterocycles. The number of nitrogens with one attached hydrogen (secondary N) is 10. The van der Waals surface area contributed by atoms with E-state index >= 15 is 9.59 Å². The van der Waals surface area contributed by atoms with Crippen LogP contribution in [0.5, 0.6) is 5.75 Å². The van der Waals surface area contributed by atoms with Crippen LogP contribution in [0.2, 0.25) is 0 Å². The van der Waals surface area contributed by atoms with Crippen LogP contribution in [0.1, 0.15) is 117 Å². The number of aliphatic carboxylic acids is 4. The van der Waals surface area contributed by atoms with Crippen molar-refractivity contribution in [2.45, 2.75) is 302 Å². The van der Waals surface area contributed by atoms with Gasteiger partial charge < -0.3 is 182 Å². The summed E-state index contributed by atoms with van der Waals surface area (Å²) < 4.78 is 83.3. The van der Waals surface area contributed by atoms with Gasteiger partial charge in [0.1, 0.15) is 146 Å². The van der Waals surface area contributed by atoms with Crippen molar-refractivity contribution >= 4 is 105 Å². The number of primary amides is 1. The molecular weight excluding hydrogens is 1870 g/mol. The zero-order chi connectivity index (χ0) is 103. The van der Waals surface area contributed by atoms with Gasteiger partial charge in [-0.2, -0.15) is 8.42 Å². The highest BCUT2D eigenvalue weighted by molar-refractivity contribution is 7.81. The van der Waals surface area contributed by atoms with Crippen LogP contribution in [-0.2, 0) is 138 Å². The number of carboxylic acid groups (broad SMARTS) is 4. The molecule has 0 radical (unpaired) electrons. The summed E-state index contributed by atoms with van der Waals surface area (Å²) in [4.78, 5) is 217. The molecule has 0 aliphatic carbocycles. The van der Waals surface area contributed by atoms with E-state index < -0.39 is 359 Å². The van der Waals surface area contributed by atoms with Gasteiger partial charge in [-0.3, -0.25) is 76.5 Å². The molecule has 7 rings (SSSR count). The summed E-state index contributed by atoms with van der Waals surface area (Å²) in [7, 11) is -4.95. The van der Waals surface area contributed by atoms with Crippen molar-refractivity contribution in [2.24, 2.45) is 11.7 Å². The summed E-state index contributed by atoms with van der Waals surface area (Å²) in [6.45, 7) is 3.29. The van der Waals surface area contributed by atoms with Crippen molar-refractivity contribution in [3.8, 4) is 5.75 Å². The van der Waals surface area contributed by atoms with Crippen LogP contribution < -0.4 is 63.1 Å². The first-order valence-corrected chi connectivity index (χ1v) is 44.8. The second-order valence-corrected chi connectivity index (χ2v) is 34.9. The van der Waals surface area contributed by atoms with Gasteiger partial charge in [-0.25, -0.2) is 4.79 Å². The van der Waals surface area contributed by atoms with Crippen molar-refractivity contribution in [2.75, 3.05) is 33.0 Å². The number of benzene rings is 2. The first kappa shape index (κ1) is 114. The number of carbonyl (C=O) groups is 16. The number of hydrogen-bond acceptors (Lipinski definition) is 38. The van der Waals surface area contributed by atoms with Crippen LogP contribution >= 0.6 is 0 Å². The average molecular weight is 1990 g/mol. The van der Waals surface area contributed by atoms with Gasteiger partial charge in [0.05, 0.1) is 51.1 Å². The lowest BCUT2D eigenvalue weighted by Crippen LogP contribution is -2.71. The molecule has 56 heteroatoms. The average Bonchev–Trinajstić information content (AvgIpc) is 1.30. The van der Waals surface area contributed by atoms with Crippen LogP contribution in [0.4, 0.5) is 0 Å². The van der Waals surface area contributed by atoms with E-state index in [1.807, 2.05) is 0 Å². The number of nitrogens with two attached hydrogens (primary N) is 1. The summed E-state index contributed by atoms with van der Waals surface area (Å²) in [5.74, 6) is -24.3.